The van der Waals surface area contributed by atoms with Crippen molar-refractivity contribution >= 4 is 6.09 Å². The summed E-state index contributed by atoms with van der Waals surface area (Å²) in [4.78, 5) is 10.5. The Balaban J connectivity index is 2.76. The Morgan fingerprint density at radius 1 is 1.46 bits per heavy atom. The van der Waals surface area contributed by atoms with E-state index in [-0.39, 0.29) is 6.04 Å². The van der Waals surface area contributed by atoms with Gasteiger partial charge in [-0.15, -0.1) is 0 Å². The zero-order valence-corrected chi connectivity index (χ0v) is 8.29. The molecule has 76 valence electrons. The number of carboxylic acid groups (broad SMARTS) is 1. The molecule has 0 saturated heterocycles. The molecule has 1 fully saturated rings. The highest BCUT2D eigenvalue weighted by molar-refractivity contribution is 5.65. The first-order chi connectivity index (χ1) is 5.77. The van der Waals surface area contributed by atoms with Gasteiger partial charge in [-0.1, -0.05) is 13.8 Å². The third kappa shape index (κ3) is 1.63. The van der Waals surface area contributed by atoms with Crippen molar-refractivity contribution in [3.05, 3.63) is 0 Å². The molecule has 1 aliphatic rings. The lowest BCUT2D eigenvalue weighted by atomic mass is 9.77. The van der Waals surface area contributed by atoms with Crippen molar-refractivity contribution in [2.24, 2.45) is 5.41 Å². The smallest absolute Gasteiger partial charge is 0.404 e. The Labute approximate surface area is 78.0 Å². The summed E-state index contributed by atoms with van der Waals surface area (Å²) in [5.41, 5.74) is -1.18. The lowest BCUT2D eigenvalue weighted by Gasteiger charge is -2.37. The maximum atomic E-state index is 10.5. The molecule has 0 radical (unpaired) electrons. The standard InChI is InChI=1S/C9H17NO3/c1-8(2)6(10-7(11)12)4-5-9(8,3)13/h6,10,13H,4-5H2,1-3H3,(H,11,12)/t6-,9-/m1/s1. The van der Waals surface area contributed by atoms with E-state index in [1.807, 2.05) is 13.8 Å². The zero-order chi connectivity index (χ0) is 10.3. The van der Waals surface area contributed by atoms with Crippen LogP contribution in [-0.4, -0.2) is 27.9 Å². The minimum atomic E-state index is -1.02. The number of rotatable bonds is 1. The van der Waals surface area contributed by atoms with Crippen LogP contribution in [0.1, 0.15) is 33.6 Å². The molecule has 1 rings (SSSR count). The Morgan fingerprint density at radius 2 is 2.00 bits per heavy atom. The maximum absolute atomic E-state index is 10.5. The van der Waals surface area contributed by atoms with Gasteiger partial charge in [0.2, 0.25) is 0 Å². The largest absolute Gasteiger partial charge is 0.465 e. The van der Waals surface area contributed by atoms with Gasteiger partial charge < -0.3 is 15.5 Å². The third-order valence-corrected chi connectivity index (χ3v) is 3.48. The number of hydrogen-bond donors (Lipinski definition) is 3. The molecule has 0 aliphatic heterocycles. The number of amides is 1. The average Bonchev–Trinajstić information content (AvgIpc) is 2.11. The highest BCUT2D eigenvalue weighted by atomic mass is 16.4. The molecule has 0 aromatic rings. The van der Waals surface area contributed by atoms with Crippen molar-refractivity contribution in [1.29, 1.82) is 0 Å². The van der Waals surface area contributed by atoms with Gasteiger partial charge in [-0.05, 0) is 19.8 Å². The van der Waals surface area contributed by atoms with Gasteiger partial charge in [0, 0.05) is 11.5 Å². The van der Waals surface area contributed by atoms with Gasteiger partial charge in [0.1, 0.15) is 0 Å². The summed E-state index contributed by atoms with van der Waals surface area (Å²) in [5.74, 6) is 0. The topological polar surface area (TPSA) is 69.6 Å². The lowest BCUT2D eigenvalue weighted by Crippen LogP contribution is -2.49. The van der Waals surface area contributed by atoms with Gasteiger partial charge in [0.15, 0.2) is 0 Å². The minimum absolute atomic E-state index is 0.153. The second kappa shape index (κ2) is 2.87. The van der Waals surface area contributed by atoms with E-state index in [0.29, 0.717) is 12.8 Å². The van der Waals surface area contributed by atoms with Crippen LogP contribution in [-0.2, 0) is 0 Å². The maximum Gasteiger partial charge on any atom is 0.404 e. The van der Waals surface area contributed by atoms with Crippen molar-refractivity contribution in [1.82, 2.24) is 5.32 Å². The third-order valence-electron chi connectivity index (χ3n) is 3.48. The average molecular weight is 187 g/mol. The van der Waals surface area contributed by atoms with Crippen LogP contribution in [0.15, 0.2) is 0 Å². The molecule has 1 saturated carbocycles. The van der Waals surface area contributed by atoms with Gasteiger partial charge in [-0.25, -0.2) is 4.79 Å². The van der Waals surface area contributed by atoms with Gasteiger partial charge in [-0.2, -0.15) is 0 Å². The summed E-state index contributed by atoms with van der Waals surface area (Å²) in [7, 11) is 0. The fourth-order valence-corrected chi connectivity index (χ4v) is 1.89. The zero-order valence-electron chi connectivity index (χ0n) is 8.29. The van der Waals surface area contributed by atoms with Crippen LogP contribution in [0.5, 0.6) is 0 Å². The molecule has 1 aliphatic carbocycles. The van der Waals surface area contributed by atoms with Crippen molar-refractivity contribution in [2.45, 2.75) is 45.3 Å². The molecule has 4 heteroatoms. The van der Waals surface area contributed by atoms with Gasteiger partial charge >= 0.3 is 6.09 Å². The normalized spacial score (nSPS) is 37.4. The molecule has 0 bridgehead atoms. The molecule has 0 heterocycles. The molecule has 3 N–H and O–H groups in total. The van der Waals surface area contributed by atoms with E-state index in [9.17, 15) is 9.90 Å². The van der Waals surface area contributed by atoms with Crippen molar-refractivity contribution in [3.63, 3.8) is 0 Å². The van der Waals surface area contributed by atoms with E-state index in [1.165, 1.54) is 0 Å². The quantitative estimate of drug-likeness (QED) is 0.577. The first-order valence-corrected chi connectivity index (χ1v) is 4.49. The van der Waals surface area contributed by atoms with Gasteiger partial charge in [0.05, 0.1) is 5.60 Å². The van der Waals surface area contributed by atoms with E-state index in [4.69, 9.17) is 5.11 Å². The monoisotopic (exact) mass is 187 g/mol. The fraction of sp³-hybridized carbons (Fsp3) is 0.889. The number of aliphatic hydroxyl groups is 1. The Morgan fingerprint density at radius 3 is 2.31 bits per heavy atom. The highest BCUT2D eigenvalue weighted by Gasteiger charge is 2.51. The van der Waals surface area contributed by atoms with E-state index in [0.717, 1.165) is 0 Å². The summed E-state index contributed by atoms with van der Waals surface area (Å²) in [6.07, 6.45) is 0.327. The Kier molecular flexibility index (Phi) is 2.28. The van der Waals surface area contributed by atoms with Crippen LogP contribution in [0.25, 0.3) is 0 Å². The second-order valence-electron chi connectivity index (χ2n) is 4.54. The fourth-order valence-electron chi connectivity index (χ4n) is 1.89. The summed E-state index contributed by atoms with van der Waals surface area (Å²) in [6.45, 7) is 5.54. The van der Waals surface area contributed by atoms with E-state index >= 15 is 0 Å². The van der Waals surface area contributed by atoms with Crippen LogP contribution in [0, 0.1) is 5.41 Å². The Bertz CT molecular complexity index is 223. The molecular formula is C9H17NO3. The molecule has 1 amide bonds. The first-order valence-electron chi connectivity index (χ1n) is 4.49. The predicted octanol–water partition coefficient (Wildman–Crippen LogP) is 1.19. The molecule has 0 spiro atoms. The van der Waals surface area contributed by atoms with Crippen molar-refractivity contribution < 1.29 is 15.0 Å². The van der Waals surface area contributed by atoms with Crippen LogP contribution < -0.4 is 5.32 Å². The number of nitrogens with one attached hydrogen (secondary N) is 1. The minimum Gasteiger partial charge on any atom is -0.465 e. The highest BCUT2D eigenvalue weighted by Crippen LogP contribution is 2.45. The van der Waals surface area contributed by atoms with Gasteiger partial charge in [-0.3, -0.25) is 0 Å². The van der Waals surface area contributed by atoms with Crippen LogP contribution in [0.4, 0.5) is 4.79 Å². The van der Waals surface area contributed by atoms with E-state index < -0.39 is 17.1 Å². The summed E-state index contributed by atoms with van der Waals surface area (Å²) >= 11 is 0. The van der Waals surface area contributed by atoms with Crippen molar-refractivity contribution in [3.8, 4) is 0 Å². The van der Waals surface area contributed by atoms with E-state index in [1.54, 1.807) is 6.92 Å². The molecule has 13 heavy (non-hydrogen) atoms. The van der Waals surface area contributed by atoms with Crippen LogP contribution in [0.2, 0.25) is 0 Å². The molecule has 0 aromatic carbocycles. The van der Waals surface area contributed by atoms with Crippen LogP contribution >= 0.6 is 0 Å². The predicted molar refractivity (Wildman–Crippen MR) is 48.6 cm³/mol. The summed E-state index contributed by atoms with van der Waals surface area (Å²) in [5, 5.41) is 21.0. The van der Waals surface area contributed by atoms with Crippen LogP contribution in [0.3, 0.4) is 0 Å². The van der Waals surface area contributed by atoms with Crippen molar-refractivity contribution in [2.75, 3.05) is 0 Å². The van der Waals surface area contributed by atoms with Gasteiger partial charge in [0.25, 0.3) is 0 Å². The number of carbonyl (C=O) groups is 1. The molecule has 4 nitrogen and oxygen atoms in total. The first kappa shape index (κ1) is 10.3. The Hall–Kier alpha value is -0.770. The lowest BCUT2D eigenvalue weighted by molar-refractivity contribution is -0.0337. The summed E-state index contributed by atoms with van der Waals surface area (Å²) in [6, 6.07) is -0.153. The second-order valence-corrected chi connectivity index (χ2v) is 4.54. The SMILES string of the molecule is CC1(C)[C@H](NC(=O)O)CC[C@@]1(C)O. The number of hydrogen-bond acceptors (Lipinski definition) is 2. The van der Waals surface area contributed by atoms with E-state index in [2.05, 4.69) is 5.32 Å². The molecular weight excluding hydrogens is 170 g/mol. The molecule has 2 atom stereocenters. The molecule has 0 unspecified atom stereocenters. The summed E-state index contributed by atoms with van der Waals surface area (Å²) < 4.78 is 0. The molecule has 0 aromatic heterocycles.